The van der Waals surface area contributed by atoms with Crippen molar-refractivity contribution in [1.29, 1.82) is 0 Å². The van der Waals surface area contributed by atoms with Gasteiger partial charge in [-0.25, -0.2) is 4.79 Å². The van der Waals surface area contributed by atoms with Gasteiger partial charge in [-0.05, 0) is 60.2 Å². The lowest BCUT2D eigenvalue weighted by molar-refractivity contribution is -0.274. The number of carbonyl (C=O) groups excluding carboxylic acids is 1. The number of phenols is 1. The largest absolute Gasteiger partial charge is 0.573 e. The van der Waals surface area contributed by atoms with Gasteiger partial charge in [-0.15, -0.1) is 13.2 Å². The van der Waals surface area contributed by atoms with Crippen LogP contribution in [0, 0.1) is 0 Å². The van der Waals surface area contributed by atoms with Gasteiger partial charge in [0.25, 0.3) is 0 Å². The number of alkyl halides is 3. The zero-order chi connectivity index (χ0) is 25.9. The summed E-state index contributed by atoms with van der Waals surface area (Å²) in [6, 6.07) is 15.1. The molecule has 10 heteroatoms. The van der Waals surface area contributed by atoms with E-state index >= 15 is 0 Å². The Morgan fingerprint density at radius 1 is 0.917 bits per heavy atom. The van der Waals surface area contributed by atoms with Crippen molar-refractivity contribution < 1.29 is 42.4 Å². The quantitative estimate of drug-likeness (QED) is 0.241. The van der Waals surface area contributed by atoms with E-state index < -0.39 is 23.9 Å². The summed E-state index contributed by atoms with van der Waals surface area (Å²) in [5.41, 5.74) is 1.05. The van der Waals surface area contributed by atoms with Gasteiger partial charge in [0, 0.05) is 29.3 Å². The molecule has 0 saturated heterocycles. The van der Waals surface area contributed by atoms with E-state index in [0.29, 0.717) is 22.2 Å². The Morgan fingerprint density at radius 3 is 2.22 bits per heavy atom. The molecule has 0 amide bonds. The lowest BCUT2D eigenvalue weighted by Gasteiger charge is -2.14. The summed E-state index contributed by atoms with van der Waals surface area (Å²) >= 11 is 0. The number of carboxylic acid groups (broad SMARTS) is 1. The fourth-order valence-corrected chi connectivity index (χ4v) is 3.32. The number of carboxylic acids is 1. The van der Waals surface area contributed by atoms with E-state index in [9.17, 15) is 27.9 Å². The van der Waals surface area contributed by atoms with Crippen LogP contribution in [0.15, 0.2) is 79.0 Å². The van der Waals surface area contributed by atoms with Crippen molar-refractivity contribution in [2.75, 3.05) is 0 Å². The number of carbonyl (C=O) groups is 2. The maximum absolute atomic E-state index is 13.3. The third kappa shape index (κ3) is 5.79. The number of ether oxygens (including phenoxy) is 2. The van der Waals surface area contributed by atoms with Crippen LogP contribution < -0.4 is 9.47 Å². The first-order valence-electron chi connectivity index (χ1n) is 10.3. The van der Waals surface area contributed by atoms with E-state index in [0.717, 1.165) is 18.2 Å². The minimum absolute atomic E-state index is 0.0347. The Hall–Kier alpha value is -4.86. The minimum atomic E-state index is -4.86. The van der Waals surface area contributed by atoms with Crippen LogP contribution in [0.4, 0.5) is 13.2 Å². The molecule has 1 heterocycles. The number of aromatic hydroxyl groups is 1. The number of phenolic OH excluding ortho intramolecular Hbond substituents is 1. The smallest absolute Gasteiger partial charge is 0.508 e. The predicted octanol–water partition coefficient (Wildman–Crippen LogP) is 5.96. The molecule has 0 radical (unpaired) electrons. The van der Waals surface area contributed by atoms with Crippen LogP contribution in [0.2, 0.25) is 0 Å². The number of hydrogen-bond acceptors (Lipinski definition) is 6. The number of nitrogens with zero attached hydrogens (tertiary/aromatic N) is 1. The summed E-state index contributed by atoms with van der Waals surface area (Å²) in [6.45, 7) is 0. The zero-order valence-electron chi connectivity index (χ0n) is 18.2. The number of aliphatic carboxylic acids is 1. The van der Waals surface area contributed by atoms with E-state index in [1.54, 1.807) is 24.3 Å². The van der Waals surface area contributed by atoms with Crippen LogP contribution in [0.3, 0.4) is 0 Å². The van der Waals surface area contributed by atoms with E-state index in [1.165, 1.54) is 42.6 Å². The molecule has 0 aliphatic heterocycles. The molecule has 4 aromatic rings. The fraction of sp³-hybridized carbons (Fsp3) is 0.0385. The molecular formula is C26H16F3NO6. The van der Waals surface area contributed by atoms with Crippen molar-refractivity contribution in [3.63, 3.8) is 0 Å². The molecule has 0 saturated carbocycles. The number of pyridine rings is 1. The lowest BCUT2D eigenvalue weighted by Crippen LogP contribution is -2.17. The van der Waals surface area contributed by atoms with Gasteiger partial charge in [0.05, 0.1) is 11.1 Å². The van der Waals surface area contributed by atoms with Crippen molar-refractivity contribution in [2.45, 2.75) is 6.36 Å². The summed E-state index contributed by atoms with van der Waals surface area (Å²) < 4.78 is 47.2. The normalized spacial score (nSPS) is 11.5. The number of rotatable bonds is 7. The second kappa shape index (κ2) is 9.79. The van der Waals surface area contributed by atoms with Crippen molar-refractivity contribution in [3.05, 3.63) is 95.7 Å². The Bertz CT molecular complexity index is 1460. The number of fused-ring (bicyclic) bond motifs is 1. The standard InChI is InChI=1S/C26H16F3NO6/c27-26(28,29)36-19-9-4-16(5-10-19)24(34)21-14-30-22-13-17(31)6-11-20(22)25(21)35-18-7-1-15(2-8-18)3-12-23(32)33/h1-14,31H,(H,32,33)/b12-3+. The van der Waals surface area contributed by atoms with E-state index in [1.807, 2.05) is 0 Å². The summed E-state index contributed by atoms with van der Waals surface area (Å²) in [5, 5.41) is 19.0. The van der Waals surface area contributed by atoms with Gasteiger partial charge in [-0.1, -0.05) is 12.1 Å². The summed E-state index contributed by atoms with van der Waals surface area (Å²) in [7, 11) is 0. The molecule has 0 atom stereocenters. The molecule has 0 bridgehead atoms. The maximum Gasteiger partial charge on any atom is 0.573 e. The highest BCUT2D eigenvalue weighted by molar-refractivity contribution is 6.13. The highest BCUT2D eigenvalue weighted by Crippen LogP contribution is 2.35. The molecule has 0 unspecified atom stereocenters. The fourth-order valence-electron chi connectivity index (χ4n) is 3.32. The van der Waals surface area contributed by atoms with Crippen LogP contribution in [-0.2, 0) is 4.79 Å². The Morgan fingerprint density at radius 2 is 1.58 bits per heavy atom. The maximum atomic E-state index is 13.3. The number of aromatic nitrogens is 1. The van der Waals surface area contributed by atoms with Gasteiger partial charge in [-0.3, -0.25) is 9.78 Å². The molecule has 0 aliphatic carbocycles. The van der Waals surface area contributed by atoms with Gasteiger partial charge in [0.2, 0.25) is 0 Å². The van der Waals surface area contributed by atoms with Crippen molar-refractivity contribution in [3.8, 4) is 23.0 Å². The monoisotopic (exact) mass is 495 g/mol. The second-order valence-corrected chi connectivity index (χ2v) is 7.45. The molecule has 0 fully saturated rings. The number of benzene rings is 3. The first-order valence-corrected chi connectivity index (χ1v) is 10.3. The average molecular weight is 495 g/mol. The topological polar surface area (TPSA) is 106 Å². The molecule has 0 spiro atoms. The first-order chi connectivity index (χ1) is 17.1. The minimum Gasteiger partial charge on any atom is -0.508 e. The molecule has 7 nitrogen and oxygen atoms in total. The molecule has 182 valence electrons. The number of hydrogen-bond donors (Lipinski definition) is 2. The second-order valence-electron chi connectivity index (χ2n) is 7.45. The average Bonchev–Trinajstić information content (AvgIpc) is 2.82. The summed E-state index contributed by atoms with van der Waals surface area (Å²) in [5.74, 6) is -1.73. The molecule has 2 N–H and O–H groups in total. The van der Waals surface area contributed by atoms with Gasteiger partial charge in [0.15, 0.2) is 5.78 Å². The zero-order valence-corrected chi connectivity index (χ0v) is 18.2. The number of ketones is 1. The van der Waals surface area contributed by atoms with Crippen LogP contribution in [0.1, 0.15) is 21.5 Å². The molecule has 3 aromatic carbocycles. The number of halogens is 3. The van der Waals surface area contributed by atoms with E-state index in [2.05, 4.69) is 9.72 Å². The van der Waals surface area contributed by atoms with Crippen molar-refractivity contribution in [1.82, 2.24) is 4.98 Å². The Kier molecular flexibility index (Phi) is 6.60. The van der Waals surface area contributed by atoms with Gasteiger partial charge < -0.3 is 19.7 Å². The van der Waals surface area contributed by atoms with Crippen LogP contribution in [0.25, 0.3) is 17.0 Å². The third-order valence-electron chi connectivity index (χ3n) is 4.92. The molecule has 1 aromatic heterocycles. The molecule has 36 heavy (non-hydrogen) atoms. The van der Waals surface area contributed by atoms with Crippen LogP contribution in [0.5, 0.6) is 23.0 Å². The lowest BCUT2D eigenvalue weighted by atomic mass is 10.0. The van der Waals surface area contributed by atoms with Crippen LogP contribution >= 0.6 is 0 Å². The van der Waals surface area contributed by atoms with Crippen molar-refractivity contribution in [2.24, 2.45) is 0 Å². The van der Waals surface area contributed by atoms with Crippen LogP contribution in [-0.4, -0.2) is 33.3 Å². The van der Waals surface area contributed by atoms with Gasteiger partial charge >= 0.3 is 12.3 Å². The summed E-state index contributed by atoms with van der Waals surface area (Å²) in [4.78, 5) is 28.2. The Balaban J connectivity index is 1.71. The predicted molar refractivity (Wildman–Crippen MR) is 123 cm³/mol. The SMILES string of the molecule is O=C(O)/C=C/c1ccc(Oc2c(C(=O)c3ccc(OC(F)(F)F)cc3)cnc3cc(O)ccc23)cc1. The van der Waals surface area contributed by atoms with E-state index in [-0.39, 0.29) is 22.6 Å². The van der Waals surface area contributed by atoms with Gasteiger partial charge in [0.1, 0.15) is 23.0 Å². The van der Waals surface area contributed by atoms with E-state index in [4.69, 9.17) is 9.84 Å². The highest BCUT2D eigenvalue weighted by Gasteiger charge is 2.31. The molecule has 4 rings (SSSR count). The Labute approximate surface area is 201 Å². The summed E-state index contributed by atoms with van der Waals surface area (Å²) in [6.07, 6.45) is -1.22. The first kappa shape index (κ1) is 24.3. The highest BCUT2D eigenvalue weighted by atomic mass is 19.4. The van der Waals surface area contributed by atoms with Crippen molar-refractivity contribution >= 4 is 28.7 Å². The molecular weight excluding hydrogens is 479 g/mol. The third-order valence-corrected chi connectivity index (χ3v) is 4.92. The molecule has 0 aliphatic rings. The van der Waals surface area contributed by atoms with Gasteiger partial charge in [-0.2, -0.15) is 0 Å².